The Morgan fingerprint density at radius 1 is 0.800 bits per heavy atom. The lowest BCUT2D eigenvalue weighted by molar-refractivity contribution is 0.453. The summed E-state index contributed by atoms with van der Waals surface area (Å²) in [5.74, 6) is 0.389. The Balaban J connectivity index is 2.12. The zero-order valence-electron chi connectivity index (χ0n) is 10.5. The van der Waals surface area contributed by atoms with Crippen LogP contribution in [0.2, 0.25) is 5.02 Å². The Morgan fingerprint density at radius 2 is 1.55 bits per heavy atom. The number of rotatable bonds is 2. The molecular weight excluding hydrogens is 272 g/mol. The lowest BCUT2D eigenvalue weighted by Crippen LogP contribution is -1.92. The monoisotopic (exact) mass is 282 g/mol. The van der Waals surface area contributed by atoms with Crippen molar-refractivity contribution in [3.63, 3.8) is 0 Å². The van der Waals surface area contributed by atoms with Gasteiger partial charge in [-0.05, 0) is 12.1 Å². The van der Waals surface area contributed by atoms with Crippen LogP contribution in [0.15, 0.2) is 60.7 Å². The highest BCUT2D eigenvalue weighted by Gasteiger charge is 2.08. The molecule has 0 fully saturated rings. The van der Waals surface area contributed by atoms with Crippen molar-refractivity contribution in [1.82, 2.24) is 9.97 Å². The second-order valence-corrected chi connectivity index (χ2v) is 4.75. The highest BCUT2D eigenvalue weighted by atomic mass is 35.5. The molecule has 1 aromatic heterocycles. The summed E-state index contributed by atoms with van der Waals surface area (Å²) >= 11 is 5.97. The van der Waals surface area contributed by atoms with E-state index in [2.05, 4.69) is 9.97 Å². The Hall–Kier alpha value is -2.39. The third-order valence-electron chi connectivity index (χ3n) is 2.86. The Labute approximate surface area is 121 Å². The van der Waals surface area contributed by atoms with E-state index in [0.717, 1.165) is 11.1 Å². The van der Waals surface area contributed by atoms with Crippen molar-refractivity contribution < 1.29 is 5.11 Å². The first-order valence-corrected chi connectivity index (χ1v) is 6.49. The molecule has 0 amide bonds. The van der Waals surface area contributed by atoms with Crippen molar-refractivity contribution in [3.05, 3.63) is 65.7 Å². The van der Waals surface area contributed by atoms with Gasteiger partial charge in [-0.1, -0.05) is 54.1 Å². The molecule has 3 nitrogen and oxygen atoms in total. The van der Waals surface area contributed by atoms with E-state index in [0.29, 0.717) is 16.5 Å². The van der Waals surface area contributed by atoms with Gasteiger partial charge >= 0.3 is 0 Å². The fourth-order valence-corrected chi connectivity index (χ4v) is 2.14. The van der Waals surface area contributed by atoms with Gasteiger partial charge in [0.25, 0.3) is 0 Å². The first kappa shape index (κ1) is 12.6. The standard InChI is InChI=1S/C16H11ClN2O/c17-13-8-4-7-12(9-13)16-18-14(10-15(20)19-16)11-5-2-1-3-6-11/h1-10H,(H,18,19,20). The molecule has 3 aromatic rings. The van der Waals surface area contributed by atoms with Crippen molar-refractivity contribution in [2.75, 3.05) is 0 Å². The molecule has 0 saturated heterocycles. The lowest BCUT2D eigenvalue weighted by Gasteiger charge is -2.06. The molecule has 0 spiro atoms. The summed E-state index contributed by atoms with van der Waals surface area (Å²) in [6.45, 7) is 0. The van der Waals surface area contributed by atoms with Crippen molar-refractivity contribution in [1.29, 1.82) is 0 Å². The maximum atomic E-state index is 9.80. The van der Waals surface area contributed by atoms with Crippen LogP contribution in [0, 0.1) is 0 Å². The van der Waals surface area contributed by atoms with Gasteiger partial charge in [0, 0.05) is 22.2 Å². The first-order valence-electron chi connectivity index (χ1n) is 6.12. The Morgan fingerprint density at radius 3 is 2.30 bits per heavy atom. The van der Waals surface area contributed by atoms with E-state index in [4.69, 9.17) is 11.6 Å². The lowest BCUT2D eigenvalue weighted by atomic mass is 10.1. The smallest absolute Gasteiger partial charge is 0.214 e. The van der Waals surface area contributed by atoms with E-state index in [9.17, 15) is 5.11 Å². The number of hydrogen-bond acceptors (Lipinski definition) is 3. The summed E-state index contributed by atoms with van der Waals surface area (Å²) < 4.78 is 0. The SMILES string of the molecule is Oc1cc(-c2ccccc2)nc(-c2cccc(Cl)c2)n1. The van der Waals surface area contributed by atoms with Gasteiger partial charge in [0.15, 0.2) is 5.82 Å². The molecule has 0 aliphatic heterocycles. The maximum Gasteiger partial charge on any atom is 0.214 e. The van der Waals surface area contributed by atoms with Crippen LogP contribution in [0.5, 0.6) is 5.88 Å². The molecule has 20 heavy (non-hydrogen) atoms. The van der Waals surface area contributed by atoms with E-state index < -0.39 is 0 Å². The molecule has 0 saturated carbocycles. The Kier molecular flexibility index (Phi) is 3.35. The molecule has 0 radical (unpaired) electrons. The largest absolute Gasteiger partial charge is 0.493 e. The minimum absolute atomic E-state index is 0.0613. The predicted molar refractivity (Wildman–Crippen MR) is 79.6 cm³/mol. The normalized spacial score (nSPS) is 10.4. The van der Waals surface area contributed by atoms with Gasteiger partial charge in [-0.2, -0.15) is 4.98 Å². The fourth-order valence-electron chi connectivity index (χ4n) is 1.95. The van der Waals surface area contributed by atoms with Gasteiger partial charge in [0.05, 0.1) is 5.69 Å². The first-order chi connectivity index (χ1) is 9.72. The number of nitrogens with zero attached hydrogens (tertiary/aromatic N) is 2. The molecule has 0 bridgehead atoms. The highest BCUT2D eigenvalue weighted by Crippen LogP contribution is 2.25. The fraction of sp³-hybridized carbons (Fsp3) is 0. The minimum atomic E-state index is -0.0613. The summed E-state index contributed by atoms with van der Waals surface area (Å²) in [7, 11) is 0. The van der Waals surface area contributed by atoms with Crippen LogP contribution >= 0.6 is 11.6 Å². The molecule has 0 unspecified atom stereocenters. The molecule has 0 aliphatic rings. The molecular formula is C16H11ClN2O. The molecule has 1 heterocycles. The molecule has 4 heteroatoms. The molecule has 0 aliphatic carbocycles. The molecule has 1 N–H and O–H groups in total. The maximum absolute atomic E-state index is 9.80. The highest BCUT2D eigenvalue weighted by molar-refractivity contribution is 6.30. The van der Waals surface area contributed by atoms with Gasteiger partial charge in [0.2, 0.25) is 5.88 Å². The van der Waals surface area contributed by atoms with Gasteiger partial charge in [0.1, 0.15) is 0 Å². The second kappa shape index (κ2) is 5.31. The zero-order valence-corrected chi connectivity index (χ0v) is 11.2. The van der Waals surface area contributed by atoms with Crippen LogP contribution in [-0.2, 0) is 0 Å². The van der Waals surface area contributed by atoms with Gasteiger partial charge in [-0.3, -0.25) is 0 Å². The van der Waals surface area contributed by atoms with Crippen LogP contribution in [0.4, 0.5) is 0 Å². The summed E-state index contributed by atoms with van der Waals surface area (Å²) in [6, 6.07) is 18.4. The second-order valence-electron chi connectivity index (χ2n) is 4.31. The third-order valence-corrected chi connectivity index (χ3v) is 3.10. The minimum Gasteiger partial charge on any atom is -0.493 e. The van der Waals surface area contributed by atoms with Gasteiger partial charge in [-0.15, -0.1) is 0 Å². The van der Waals surface area contributed by atoms with E-state index in [-0.39, 0.29) is 5.88 Å². The van der Waals surface area contributed by atoms with Crippen molar-refractivity contribution in [3.8, 4) is 28.5 Å². The predicted octanol–water partition coefficient (Wildman–Crippen LogP) is 4.17. The molecule has 98 valence electrons. The average molecular weight is 283 g/mol. The summed E-state index contributed by atoms with van der Waals surface area (Å²) in [5, 5.41) is 10.4. The number of aromatic nitrogens is 2. The van der Waals surface area contributed by atoms with Crippen LogP contribution in [0.3, 0.4) is 0 Å². The quantitative estimate of drug-likeness (QED) is 0.767. The number of benzene rings is 2. The number of hydrogen-bond donors (Lipinski definition) is 1. The van der Waals surface area contributed by atoms with E-state index in [1.807, 2.05) is 42.5 Å². The van der Waals surface area contributed by atoms with E-state index in [1.54, 1.807) is 18.2 Å². The topological polar surface area (TPSA) is 46.0 Å². The van der Waals surface area contributed by atoms with E-state index in [1.165, 1.54) is 0 Å². The van der Waals surface area contributed by atoms with Gasteiger partial charge < -0.3 is 5.11 Å². The molecule has 2 aromatic carbocycles. The zero-order chi connectivity index (χ0) is 13.9. The number of aromatic hydroxyl groups is 1. The molecule has 0 atom stereocenters. The van der Waals surface area contributed by atoms with Crippen LogP contribution < -0.4 is 0 Å². The van der Waals surface area contributed by atoms with Crippen LogP contribution in [0.25, 0.3) is 22.6 Å². The van der Waals surface area contributed by atoms with Crippen molar-refractivity contribution in [2.45, 2.75) is 0 Å². The van der Waals surface area contributed by atoms with Crippen molar-refractivity contribution >= 4 is 11.6 Å². The van der Waals surface area contributed by atoms with Crippen molar-refractivity contribution in [2.24, 2.45) is 0 Å². The summed E-state index contributed by atoms with van der Waals surface area (Å²) in [4.78, 5) is 8.54. The van der Waals surface area contributed by atoms with Gasteiger partial charge in [-0.25, -0.2) is 4.98 Å². The van der Waals surface area contributed by atoms with E-state index >= 15 is 0 Å². The summed E-state index contributed by atoms with van der Waals surface area (Å²) in [6.07, 6.45) is 0. The number of halogens is 1. The van der Waals surface area contributed by atoms with Crippen LogP contribution in [0.1, 0.15) is 0 Å². The molecule has 3 rings (SSSR count). The summed E-state index contributed by atoms with van der Waals surface area (Å²) in [5.41, 5.74) is 2.37. The van der Waals surface area contributed by atoms with Crippen LogP contribution in [-0.4, -0.2) is 15.1 Å². The average Bonchev–Trinajstić information content (AvgIpc) is 2.47. The third kappa shape index (κ3) is 2.63. The Bertz CT molecular complexity index is 744.